The molecule has 0 aromatic heterocycles. The predicted octanol–water partition coefficient (Wildman–Crippen LogP) is 1.93. The number of amides is 1. The lowest BCUT2D eigenvalue weighted by Gasteiger charge is -2.16. The minimum absolute atomic E-state index is 0. The lowest BCUT2D eigenvalue weighted by atomic mass is 10.1. The fourth-order valence-electron chi connectivity index (χ4n) is 2.28. The Morgan fingerprint density at radius 1 is 1.56 bits per heavy atom. The van der Waals surface area contributed by atoms with E-state index in [1.807, 2.05) is 7.05 Å². The van der Waals surface area contributed by atoms with E-state index >= 15 is 0 Å². The van der Waals surface area contributed by atoms with Crippen molar-refractivity contribution in [3.8, 4) is 0 Å². The molecule has 1 fully saturated rings. The molecule has 1 aliphatic rings. The minimum Gasteiger partial charge on any atom is -0.338 e. The summed E-state index contributed by atoms with van der Waals surface area (Å²) < 4.78 is 13.0. The summed E-state index contributed by atoms with van der Waals surface area (Å²) >= 11 is 0. The van der Waals surface area contributed by atoms with Gasteiger partial charge >= 0.3 is 0 Å². The van der Waals surface area contributed by atoms with Gasteiger partial charge in [0.05, 0.1) is 0 Å². The first kappa shape index (κ1) is 14.9. The number of halogens is 2. The lowest BCUT2D eigenvalue weighted by Crippen LogP contribution is -2.30. The van der Waals surface area contributed by atoms with E-state index in [1.165, 1.54) is 12.1 Å². The van der Waals surface area contributed by atoms with Crippen LogP contribution in [0.3, 0.4) is 0 Å². The normalized spacial score (nSPS) is 18.6. The highest BCUT2D eigenvalue weighted by Gasteiger charge is 2.26. The molecule has 1 aliphatic heterocycles. The largest absolute Gasteiger partial charge is 0.338 e. The third-order valence-electron chi connectivity index (χ3n) is 3.14. The molecule has 1 aromatic carbocycles. The van der Waals surface area contributed by atoms with Gasteiger partial charge in [-0.3, -0.25) is 4.79 Å². The van der Waals surface area contributed by atoms with Crippen LogP contribution in [-0.4, -0.2) is 37.5 Å². The van der Waals surface area contributed by atoms with Crippen LogP contribution in [-0.2, 0) is 0 Å². The second-order valence-electron chi connectivity index (χ2n) is 4.47. The predicted molar refractivity (Wildman–Crippen MR) is 71.6 cm³/mol. The van der Waals surface area contributed by atoms with E-state index in [2.05, 4.69) is 5.32 Å². The summed E-state index contributed by atoms with van der Waals surface area (Å²) in [6.07, 6.45) is 1.02. The van der Waals surface area contributed by atoms with Gasteiger partial charge in [-0.1, -0.05) is 6.07 Å². The molecule has 0 spiro atoms. The van der Waals surface area contributed by atoms with Crippen molar-refractivity contribution >= 4 is 18.3 Å². The number of carbonyl (C=O) groups is 1. The molecule has 1 heterocycles. The Labute approximate surface area is 113 Å². The van der Waals surface area contributed by atoms with E-state index in [0.29, 0.717) is 11.5 Å². The number of hydrogen-bond donors (Lipinski definition) is 1. The first-order valence-corrected chi connectivity index (χ1v) is 5.90. The van der Waals surface area contributed by atoms with Gasteiger partial charge in [0.1, 0.15) is 5.82 Å². The summed E-state index contributed by atoms with van der Waals surface area (Å²) in [5, 5.41) is 3.12. The Balaban J connectivity index is 0.00000162. The van der Waals surface area contributed by atoms with E-state index in [9.17, 15) is 9.18 Å². The number of nitrogens with one attached hydrogen (secondary N) is 1. The van der Waals surface area contributed by atoms with E-state index in [4.69, 9.17) is 0 Å². The van der Waals surface area contributed by atoms with Crippen molar-refractivity contribution in [1.29, 1.82) is 0 Å². The monoisotopic (exact) mass is 272 g/mol. The molecule has 1 atom stereocenters. The molecule has 100 valence electrons. The summed E-state index contributed by atoms with van der Waals surface area (Å²) in [4.78, 5) is 13.9. The van der Waals surface area contributed by atoms with Gasteiger partial charge < -0.3 is 10.2 Å². The van der Waals surface area contributed by atoms with Crippen LogP contribution in [0, 0.1) is 11.7 Å². The van der Waals surface area contributed by atoms with Crippen molar-refractivity contribution < 1.29 is 9.18 Å². The highest BCUT2D eigenvalue weighted by Crippen LogP contribution is 2.18. The molecule has 0 aliphatic carbocycles. The lowest BCUT2D eigenvalue weighted by molar-refractivity contribution is 0.0786. The number of benzene rings is 1. The van der Waals surface area contributed by atoms with Crippen LogP contribution in [0.5, 0.6) is 0 Å². The first-order chi connectivity index (χ1) is 8.20. The van der Waals surface area contributed by atoms with Gasteiger partial charge in [0.25, 0.3) is 5.91 Å². The molecule has 1 saturated heterocycles. The zero-order valence-corrected chi connectivity index (χ0v) is 11.2. The van der Waals surface area contributed by atoms with Gasteiger partial charge in [0.15, 0.2) is 0 Å². The van der Waals surface area contributed by atoms with Crippen molar-refractivity contribution in [2.45, 2.75) is 6.42 Å². The molecular formula is C13H18ClFN2O. The van der Waals surface area contributed by atoms with Gasteiger partial charge in [0.2, 0.25) is 0 Å². The van der Waals surface area contributed by atoms with Gasteiger partial charge in [-0.15, -0.1) is 12.4 Å². The van der Waals surface area contributed by atoms with Crippen LogP contribution in [0.1, 0.15) is 16.8 Å². The quantitative estimate of drug-likeness (QED) is 0.912. The SMILES string of the molecule is CNCC1CCN(C(=O)c2cccc(F)c2)C1.Cl. The van der Waals surface area contributed by atoms with Crippen LogP contribution in [0.4, 0.5) is 4.39 Å². The molecule has 0 radical (unpaired) electrons. The van der Waals surface area contributed by atoms with Crippen molar-refractivity contribution in [1.82, 2.24) is 10.2 Å². The third kappa shape index (κ3) is 3.43. The number of hydrogen-bond acceptors (Lipinski definition) is 2. The van der Waals surface area contributed by atoms with Crippen LogP contribution in [0.15, 0.2) is 24.3 Å². The maximum absolute atomic E-state index is 13.0. The Morgan fingerprint density at radius 2 is 2.33 bits per heavy atom. The maximum atomic E-state index is 13.0. The molecular weight excluding hydrogens is 255 g/mol. The average Bonchev–Trinajstić information content (AvgIpc) is 2.77. The topological polar surface area (TPSA) is 32.3 Å². The second-order valence-corrected chi connectivity index (χ2v) is 4.47. The molecule has 5 heteroatoms. The van der Waals surface area contributed by atoms with Crippen LogP contribution >= 0.6 is 12.4 Å². The molecule has 1 amide bonds. The molecule has 18 heavy (non-hydrogen) atoms. The second kappa shape index (κ2) is 6.71. The molecule has 1 unspecified atom stereocenters. The van der Waals surface area contributed by atoms with Gasteiger partial charge in [0, 0.05) is 18.7 Å². The highest BCUT2D eigenvalue weighted by atomic mass is 35.5. The zero-order valence-electron chi connectivity index (χ0n) is 10.4. The number of nitrogens with zero attached hydrogens (tertiary/aromatic N) is 1. The molecule has 2 rings (SSSR count). The van der Waals surface area contributed by atoms with Gasteiger partial charge in [-0.05, 0) is 44.1 Å². The standard InChI is InChI=1S/C13H17FN2O.ClH/c1-15-8-10-5-6-16(9-10)13(17)11-3-2-4-12(14)7-11;/h2-4,7,10,15H,5-6,8-9H2,1H3;1H. The first-order valence-electron chi connectivity index (χ1n) is 5.90. The number of likely N-dealkylation sites (tertiary alicyclic amines) is 1. The fraction of sp³-hybridized carbons (Fsp3) is 0.462. The summed E-state index contributed by atoms with van der Waals surface area (Å²) in [6.45, 7) is 2.45. The summed E-state index contributed by atoms with van der Waals surface area (Å²) in [6, 6.07) is 5.89. The summed E-state index contributed by atoms with van der Waals surface area (Å²) in [7, 11) is 1.91. The number of rotatable bonds is 3. The fourth-order valence-corrected chi connectivity index (χ4v) is 2.28. The molecule has 0 bridgehead atoms. The Bertz CT molecular complexity index is 414. The Hall–Kier alpha value is -1.13. The smallest absolute Gasteiger partial charge is 0.253 e. The van der Waals surface area contributed by atoms with E-state index in [0.717, 1.165) is 26.1 Å². The Kier molecular flexibility index (Phi) is 5.56. The van der Waals surface area contributed by atoms with Gasteiger partial charge in [-0.25, -0.2) is 4.39 Å². The van der Waals surface area contributed by atoms with Crippen LogP contribution in [0.25, 0.3) is 0 Å². The van der Waals surface area contributed by atoms with E-state index in [1.54, 1.807) is 17.0 Å². The average molecular weight is 273 g/mol. The van der Waals surface area contributed by atoms with Crippen molar-refractivity contribution in [3.63, 3.8) is 0 Å². The van der Waals surface area contributed by atoms with E-state index < -0.39 is 0 Å². The van der Waals surface area contributed by atoms with Crippen LogP contribution in [0.2, 0.25) is 0 Å². The molecule has 0 saturated carbocycles. The third-order valence-corrected chi connectivity index (χ3v) is 3.14. The molecule has 1 N–H and O–H groups in total. The van der Waals surface area contributed by atoms with Crippen LogP contribution < -0.4 is 5.32 Å². The Morgan fingerprint density at radius 3 is 3.00 bits per heavy atom. The van der Waals surface area contributed by atoms with Crippen molar-refractivity contribution in [2.75, 3.05) is 26.7 Å². The zero-order chi connectivity index (χ0) is 12.3. The highest BCUT2D eigenvalue weighted by molar-refractivity contribution is 5.94. The summed E-state index contributed by atoms with van der Waals surface area (Å²) in [5.41, 5.74) is 0.440. The number of carbonyl (C=O) groups excluding carboxylic acids is 1. The van der Waals surface area contributed by atoms with Crippen molar-refractivity contribution in [2.24, 2.45) is 5.92 Å². The van der Waals surface area contributed by atoms with Crippen molar-refractivity contribution in [3.05, 3.63) is 35.6 Å². The molecule has 1 aromatic rings. The minimum atomic E-state index is -0.359. The molecule has 3 nitrogen and oxygen atoms in total. The van der Waals surface area contributed by atoms with E-state index in [-0.39, 0.29) is 24.1 Å². The van der Waals surface area contributed by atoms with Gasteiger partial charge in [-0.2, -0.15) is 0 Å². The summed E-state index contributed by atoms with van der Waals surface area (Å²) in [5.74, 6) is 0.0856. The maximum Gasteiger partial charge on any atom is 0.253 e.